The molecule has 1 aromatic heterocycles. The second kappa shape index (κ2) is 5.59. The average Bonchev–Trinajstić information content (AvgIpc) is 2.89. The maximum absolute atomic E-state index is 12.2. The van der Waals surface area contributed by atoms with Gasteiger partial charge in [0, 0.05) is 29.7 Å². The summed E-state index contributed by atoms with van der Waals surface area (Å²) in [5, 5.41) is 0.707. The van der Waals surface area contributed by atoms with Crippen LogP contribution in [0, 0.1) is 0 Å². The topological polar surface area (TPSA) is 46.1 Å². The number of carbonyl (C=O) groups is 1. The molecule has 0 aliphatic carbocycles. The third-order valence-corrected chi connectivity index (χ3v) is 3.69. The lowest BCUT2D eigenvalue weighted by Gasteiger charge is -2.14. The van der Waals surface area contributed by atoms with Crippen LogP contribution in [0.3, 0.4) is 0 Å². The first-order valence-electron chi connectivity index (χ1n) is 6.52. The van der Waals surface area contributed by atoms with Crippen molar-refractivity contribution < 1.29 is 4.79 Å². The lowest BCUT2D eigenvalue weighted by Crippen LogP contribution is -2.25. The van der Waals surface area contributed by atoms with Gasteiger partial charge < -0.3 is 4.90 Å². The molecule has 0 saturated heterocycles. The normalized spacial score (nSPS) is 13.3. The lowest BCUT2D eigenvalue weighted by molar-refractivity contribution is -0.131. The molecule has 2 aromatic rings. The third-order valence-electron chi connectivity index (χ3n) is 3.45. The molecule has 1 amide bonds. The Labute approximate surface area is 122 Å². The van der Waals surface area contributed by atoms with Gasteiger partial charge in [-0.2, -0.15) is 0 Å². The van der Waals surface area contributed by atoms with Crippen LogP contribution in [0.4, 0.5) is 0 Å². The first kappa shape index (κ1) is 13.1. The van der Waals surface area contributed by atoms with E-state index in [1.807, 2.05) is 29.2 Å². The molecule has 0 atom stereocenters. The van der Waals surface area contributed by atoms with Crippen molar-refractivity contribution in [1.82, 2.24) is 14.9 Å². The molecule has 0 radical (unpaired) electrons. The zero-order valence-corrected chi connectivity index (χ0v) is 11.7. The summed E-state index contributed by atoms with van der Waals surface area (Å²) in [6.45, 7) is 1.21. The molecule has 0 bridgehead atoms. The average molecular weight is 288 g/mol. The van der Waals surface area contributed by atoms with Gasteiger partial charge in [0.15, 0.2) is 0 Å². The summed E-state index contributed by atoms with van der Waals surface area (Å²) in [6.07, 6.45) is 4.50. The van der Waals surface area contributed by atoms with Gasteiger partial charge in [-0.3, -0.25) is 4.79 Å². The summed E-state index contributed by atoms with van der Waals surface area (Å²) in [6, 6.07) is 7.63. The standard InChI is InChI=1S/C15H14ClN3O/c16-13-3-1-2-11(6-13)4-5-15(20)19-8-12-7-17-10-18-14(12)9-19/h1-3,6-7,10H,4-5,8-9H2. The molecule has 0 spiro atoms. The summed E-state index contributed by atoms with van der Waals surface area (Å²) < 4.78 is 0. The predicted molar refractivity (Wildman–Crippen MR) is 76.1 cm³/mol. The monoisotopic (exact) mass is 287 g/mol. The van der Waals surface area contributed by atoms with Crippen LogP contribution in [-0.2, 0) is 24.3 Å². The van der Waals surface area contributed by atoms with E-state index in [9.17, 15) is 4.79 Å². The maximum atomic E-state index is 12.2. The molecule has 0 fully saturated rings. The highest BCUT2D eigenvalue weighted by molar-refractivity contribution is 6.30. The van der Waals surface area contributed by atoms with E-state index in [4.69, 9.17) is 11.6 Å². The number of fused-ring (bicyclic) bond motifs is 1. The number of rotatable bonds is 3. The Kier molecular flexibility index (Phi) is 3.65. The fraction of sp³-hybridized carbons (Fsp3) is 0.267. The maximum Gasteiger partial charge on any atom is 0.223 e. The highest BCUT2D eigenvalue weighted by Gasteiger charge is 2.23. The molecule has 5 heteroatoms. The van der Waals surface area contributed by atoms with Gasteiger partial charge in [0.05, 0.1) is 12.2 Å². The number of hydrogen-bond acceptors (Lipinski definition) is 3. The number of carbonyl (C=O) groups excluding carboxylic acids is 1. The van der Waals surface area contributed by atoms with Crippen LogP contribution in [0.2, 0.25) is 5.02 Å². The van der Waals surface area contributed by atoms with Gasteiger partial charge in [0.25, 0.3) is 0 Å². The summed E-state index contributed by atoms with van der Waals surface area (Å²) >= 11 is 5.94. The zero-order chi connectivity index (χ0) is 13.9. The molecule has 1 aliphatic rings. The number of halogens is 1. The van der Waals surface area contributed by atoms with Crippen molar-refractivity contribution in [2.75, 3.05) is 0 Å². The Hall–Kier alpha value is -1.94. The van der Waals surface area contributed by atoms with Crippen molar-refractivity contribution >= 4 is 17.5 Å². The zero-order valence-electron chi connectivity index (χ0n) is 10.9. The number of benzene rings is 1. The van der Waals surface area contributed by atoms with Gasteiger partial charge in [-0.25, -0.2) is 9.97 Å². The van der Waals surface area contributed by atoms with Crippen LogP contribution >= 0.6 is 11.6 Å². The molecule has 2 heterocycles. The number of nitrogens with zero attached hydrogens (tertiary/aromatic N) is 3. The van der Waals surface area contributed by atoms with E-state index in [-0.39, 0.29) is 5.91 Å². The van der Waals surface area contributed by atoms with Gasteiger partial charge >= 0.3 is 0 Å². The second-order valence-electron chi connectivity index (χ2n) is 4.87. The van der Waals surface area contributed by atoms with E-state index in [1.165, 1.54) is 6.33 Å². The van der Waals surface area contributed by atoms with Gasteiger partial charge in [-0.1, -0.05) is 23.7 Å². The predicted octanol–water partition coefficient (Wildman–Crippen LogP) is 2.61. The minimum atomic E-state index is 0.142. The first-order chi connectivity index (χ1) is 9.72. The fourth-order valence-electron chi connectivity index (χ4n) is 2.38. The molecular formula is C15H14ClN3O. The van der Waals surface area contributed by atoms with Gasteiger partial charge in [-0.05, 0) is 24.1 Å². The van der Waals surface area contributed by atoms with Crippen LogP contribution in [0.1, 0.15) is 23.2 Å². The van der Waals surface area contributed by atoms with Crippen LogP contribution in [0.25, 0.3) is 0 Å². The Balaban J connectivity index is 1.59. The molecule has 102 valence electrons. The largest absolute Gasteiger partial charge is 0.332 e. The molecule has 1 aromatic carbocycles. The minimum Gasteiger partial charge on any atom is -0.332 e. The SMILES string of the molecule is O=C(CCc1cccc(Cl)c1)N1Cc2cncnc2C1. The van der Waals surface area contributed by atoms with Crippen molar-refractivity contribution in [1.29, 1.82) is 0 Å². The van der Waals surface area contributed by atoms with Crippen LogP contribution in [-0.4, -0.2) is 20.8 Å². The summed E-state index contributed by atoms with van der Waals surface area (Å²) in [4.78, 5) is 22.2. The Morgan fingerprint density at radius 3 is 3.05 bits per heavy atom. The Morgan fingerprint density at radius 2 is 2.25 bits per heavy atom. The number of aryl methyl sites for hydroxylation is 1. The van der Waals surface area contributed by atoms with Crippen LogP contribution in [0.5, 0.6) is 0 Å². The Morgan fingerprint density at radius 1 is 1.35 bits per heavy atom. The summed E-state index contributed by atoms with van der Waals surface area (Å²) in [7, 11) is 0. The second-order valence-corrected chi connectivity index (χ2v) is 5.31. The molecule has 0 unspecified atom stereocenters. The number of amides is 1. The highest BCUT2D eigenvalue weighted by atomic mass is 35.5. The van der Waals surface area contributed by atoms with Crippen molar-refractivity contribution in [3.63, 3.8) is 0 Å². The van der Waals surface area contributed by atoms with Crippen molar-refractivity contribution in [3.8, 4) is 0 Å². The van der Waals surface area contributed by atoms with Gasteiger partial charge in [0.1, 0.15) is 6.33 Å². The molecule has 1 aliphatic heterocycles. The third kappa shape index (κ3) is 2.80. The van der Waals surface area contributed by atoms with Gasteiger partial charge in [0.2, 0.25) is 5.91 Å². The number of aromatic nitrogens is 2. The molecule has 4 nitrogen and oxygen atoms in total. The fourth-order valence-corrected chi connectivity index (χ4v) is 2.59. The highest BCUT2D eigenvalue weighted by Crippen LogP contribution is 2.20. The van der Waals surface area contributed by atoms with E-state index in [0.29, 0.717) is 31.0 Å². The molecular weight excluding hydrogens is 274 g/mol. The van der Waals surface area contributed by atoms with Crippen molar-refractivity contribution in [2.45, 2.75) is 25.9 Å². The van der Waals surface area contributed by atoms with Gasteiger partial charge in [-0.15, -0.1) is 0 Å². The summed E-state index contributed by atoms with van der Waals surface area (Å²) in [5.74, 6) is 0.142. The van der Waals surface area contributed by atoms with Crippen molar-refractivity contribution in [2.24, 2.45) is 0 Å². The smallest absolute Gasteiger partial charge is 0.223 e. The quantitative estimate of drug-likeness (QED) is 0.872. The summed E-state index contributed by atoms with van der Waals surface area (Å²) in [5.41, 5.74) is 3.09. The van der Waals surface area contributed by atoms with Crippen LogP contribution in [0.15, 0.2) is 36.8 Å². The van der Waals surface area contributed by atoms with E-state index < -0.39 is 0 Å². The van der Waals surface area contributed by atoms with Crippen LogP contribution < -0.4 is 0 Å². The first-order valence-corrected chi connectivity index (χ1v) is 6.90. The molecule has 0 N–H and O–H groups in total. The minimum absolute atomic E-state index is 0.142. The van der Waals surface area contributed by atoms with E-state index in [0.717, 1.165) is 16.8 Å². The lowest BCUT2D eigenvalue weighted by atomic mass is 10.1. The molecule has 3 rings (SSSR count). The van der Waals surface area contributed by atoms with E-state index in [1.54, 1.807) is 6.20 Å². The molecule has 20 heavy (non-hydrogen) atoms. The van der Waals surface area contributed by atoms with E-state index >= 15 is 0 Å². The Bertz CT molecular complexity index is 620. The number of hydrogen-bond donors (Lipinski definition) is 0. The van der Waals surface area contributed by atoms with Crippen molar-refractivity contribution in [3.05, 3.63) is 58.6 Å². The van der Waals surface area contributed by atoms with E-state index in [2.05, 4.69) is 9.97 Å². The molecule has 0 saturated carbocycles.